The lowest BCUT2D eigenvalue weighted by Gasteiger charge is -2.17. The number of halogens is 3. The van der Waals surface area contributed by atoms with Gasteiger partial charge in [-0.3, -0.25) is 0 Å². The molecule has 0 bridgehead atoms. The highest BCUT2D eigenvalue weighted by molar-refractivity contribution is 5.42. The number of methoxy groups -OCH3 is 1. The summed E-state index contributed by atoms with van der Waals surface area (Å²) in [6.07, 6.45) is -1.68. The maximum Gasteiger partial charge on any atom is 0.573 e. The van der Waals surface area contributed by atoms with Crippen LogP contribution in [-0.4, -0.2) is 13.5 Å². The normalized spacial score (nSPS) is 17.1. The number of rotatable bonds is 5. The lowest BCUT2D eigenvalue weighted by Crippen LogP contribution is -2.18. The first kappa shape index (κ1) is 14.0. The summed E-state index contributed by atoms with van der Waals surface area (Å²) in [4.78, 5) is 0. The summed E-state index contributed by atoms with van der Waals surface area (Å²) in [5, 5.41) is 0. The Hall–Kier alpha value is -1.43. The van der Waals surface area contributed by atoms with Crippen LogP contribution in [0, 0.1) is 5.92 Å². The third-order valence-corrected chi connectivity index (χ3v) is 3.12. The summed E-state index contributed by atoms with van der Waals surface area (Å²) in [5.74, 6) is 0.795. The van der Waals surface area contributed by atoms with Crippen molar-refractivity contribution in [1.82, 2.24) is 0 Å². The van der Waals surface area contributed by atoms with Crippen molar-refractivity contribution >= 4 is 0 Å². The Labute approximate surface area is 109 Å². The van der Waals surface area contributed by atoms with Gasteiger partial charge >= 0.3 is 6.36 Å². The molecule has 1 saturated carbocycles. The fraction of sp³-hybridized carbons (Fsp3) is 0.538. The zero-order valence-corrected chi connectivity index (χ0v) is 10.5. The van der Waals surface area contributed by atoms with Gasteiger partial charge in [-0.05, 0) is 30.5 Å². The van der Waals surface area contributed by atoms with E-state index in [9.17, 15) is 13.2 Å². The fourth-order valence-electron chi connectivity index (χ4n) is 2.04. The molecule has 6 heteroatoms. The minimum atomic E-state index is -4.70. The Balaban J connectivity index is 2.19. The molecule has 0 aromatic heterocycles. The van der Waals surface area contributed by atoms with Gasteiger partial charge < -0.3 is 15.2 Å². The standard InChI is InChI=1S/C13H16F3NO2/c1-18-12-5-4-9(19-13(14,15)16)7-10(12)11(17)6-8-2-3-8/h4-5,7-8,11H,2-3,6,17H2,1H3/t11-/m0/s1. The van der Waals surface area contributed by atoms with E-state index < -0.39 is 6.36 Å². The summed E-state index contributed by atoms with van der Waals surface area (Å²) in [6, 6.07) is 3.64. The Morgan fingerprint density at radius 3 is 2.58 bits per heavy atom. The van der Waals surface area contributed by atoms with Crippen LogP contribution >= 0.6 is 0 Å². The van der Waals surface area contributed by atoms with Crippen molar-refractivity contribution in [1.29, 1.82) is 0 Å². The zero-order chi connectivity index (χ0) is 14.0. The van der Waals surface area contributed by atoms with Gasteiger partial charge in [0.25, 0.3) is 0 Å². The molecule has 2 rings (SSSR count). The van der Waals surface area contributed by atoms with Gasteiger partial charge in [0.1, 0.15) is 11.5 Å². The quantitative estimate of drug-likeness (QED) is 0.895. The fourth-order valence-corrected chi connectivity index (χ4v) is 2.04. The SMILES string of the molecule is COc1ccc(OC(F)(F)F)cc1[C@@H](N)CC1CC1. The third-order valence-electron chi connectivity index (χ3n) is 3.12. The molecule has 0 heterocycles. The zero-order valence-electron chi connectivity index (χ0n) is 10.5. The van der Waals surface area contributed by atoms with Crippen molar-refractivity contribution in [3.63, 3.8) is 0 Å². The predicted molar refractivity (Wildman–Crippen MR) is 63.9 cm³/mol. The van der Waals surface area contributed by atoms with Crippen LogP contribution in [0.15, 0.2) is 18.2 Å². The van der Waals surface area contributed by atoms with E-state index in [-0.39, 0.29) is 11.8 Å². The van der Waals surface area contributed by atoms with Gasteiger partial charge in [0.15, 0.2) is 0 Å². The van der Waals surface area contributed by atoms with Crippen molar-refractivity contribution < 1.29 is 22.6 Å². The largest absolute Gasteiger partial charge is 0.573 e. The second-order valence-electron chi connectivity index (χ2n) is 4.74. The molecule has 1 aromatic rings. The summed E-state index contributed by atoms with van der Waals surface area (Å²) in [6.45, 7) is 0. The van der Waals surface area contributed by atoms with E-state index >= 15 is 0 Å². The van der Waals surface area contributed by atoms with Crippen LogP contribution < -0.4 is 15.2 Å². The number of benzene rings is 1. The second-order valence-corrected chi connectivity index (χ2v) is 4.74. The van der Waals surface area contributed by atoms with E-state index in [0.29, 0.717) is 17.2 Å². The van der Waals surface area contributed by atoms with Gasteiger partial charge in [0.05, 0.1) is 7.11 Å². The average molecular weight is 275 g/mol. The van der Waals surface area contributed by atoms with E-state index in [1.54, 1.807) is 0 Å². The number of hydrogen-bond acceptors (Lipinski definition) is 3. The van der Waals surface area contributed by atoms with E-state index in [0.717, 1.165) is 19.3 Å². The van der Waals surface area contributed by atoms with E-state index in [4.69, 9.17) is 10.5 Å². The molecule has 0 aliphatic heterocycles. The summed E-state index contributed by atoms with van der Waals surface area (Å²) < 4.78 is 45.6. The Bertz CT molecular complexity index is 444. The minimum Gasteiger partial charge on any atom is -0.496 e. The number of nitrogens with two attached hydrogens (primary N) is 1. The molecule has 1 atom stereocenters. The van der Waals surface area contributed by atoms with Gasteiger partial charge in [0.2, 0.25) is 0 Å². The summed E-state index contributed by atoms with van der Waals surface area (Å²) >= 11 is 0. The second kappa shape index (κ2) is 5.28. The Morgan fingerprint density at radius 2 is 2.05 bits per heavy atom. The highest BCUT2D eigenvalue weighted by Gasteiger charge is 2.32. The maximum atomic E-state index is 12.2. The highest BCUT2D eigenvalue weighted by Crippen LogP contribution is 2.39. The van der Waals surface area contributed by atoms with Gasteiger partial charge in [0, 0.05) is 11.6 Å². The maximum absolute atomic E-state index is 12.2. The Morgan fingerprint density at radius 1 is 1.37 bits per heavy atom. The molecule has 3 nitrogen and oxygen atoms in total. The number of alkyl halides is 3. The molecule has 19 heavy (non-hydrogen) atoms. The van der Waals surface area contributed by atoms with Crippen LogP contribution in [0.3, 0.4) is 0 Å². The molecule has 1 aliphatic rings. The van der Waals surface area contributed by atoms with Crippen molar-refractivity contribution in [3.05, 3.63) is 23.8 Å². The summed E-state index contributed by atoms with van der Waals surface area (Å²) in [5.41, 5.74) is 6.58. The molecule has 0 saturated heterocycles. The van der Waals surface area contributed by atoms with Crippen LogP contribution in [0.2, 0.25) is 0 Å². The molecule has 0 amide bonds. The monoisotopic (exact) mass is 275 g/mol. The van der Waals surface area contributed by atoms with Gasteiger partial charge in [-0.25, -0.2) is 0 Å². The van der Waals surface area contributed by atoms with Crippen LogP contribution in [0.1, 0.15) is 30.9 Å². The third kappa shape index (κ3) is 4.02. The van der Waals surface area contributed by atoms with Crippen molar-refractivity contribution in [2.24, 2.45) is 11.7 Å². The lowest BCUT2D eigenvalue weighted by molar-refractivity contribution is -0.274. The molecular formula is C13H16F3NO2. The molecule has 106 valence electrons. The average Bonchev–Trinajstić information content (AvgIpc) is 3.10. The summed E-state index contributed by atoms with van der Waals surface area (Å²) in [7, 11) is 1.47. The molecule has 1 aliphatic carbocycles. The van der Waals surface area contributed by atoms with Gasteiger partial charge in [-0.2, -0.15) is 0 Å². The lowest BCUT2D eigenvalue weighted by atomic mass is 10.0. The molecule has 1 fully saturated rings. The van der Waals surface area contributed by atoms with E-state index in [1.165, 1.54) is 25.3 Å². The first-order valence-corrected chi connectivity index (χ1v) is 6.08. The first-order valence-electron chi connectivity index (χ1n) is 6.08. The van der Waals surface area contributed by atoms with Crippen LogP contribution in [0.5, 0.6) is 11.5 Å². The van der Waals surface area contributed by atoms with Crippen LogP contribution in [0.4, 0.5) is 13.2 Å². The first-order chi connectivity index (χ1) is 8.89. The molecular weight excluding hydrogens is 259 g/mol. The van der Waals surface area contributed by atoms with E-state index in [2.05, 4.69) is 4.74 Å². The minimum absolute atomic E-state index is 0.269. The highest BCUT2D eigenvalue weighted by atomic mass is 19.4. The molecule has 1 aromatic carbocycles. The Kier molecular flexibility index (Phi) is 3.89. The molecule has 0 unspecified atom stereocenters. The molecule has 2 N–H and O–H groups in total. The predicted octanol–water partition coefficient (Wildman–Crippen LogP) is 3.39. The van der Waals surface area contributed by atoms with Crippen molar-refractivity contribution in [2.75, 3.05) is 7.11 Å². The van der Waals surface area contributed by atoms with Crippen molar-refractivity contribution in [2.45, 2.75) is 31.7 Å². The van der Waals surface area contributed by atoms with Gasteiger partial charge in [-0.1, -0.05) is 12.8 Å². The molecule has 0 radical (unpaired) electrons. The number of hydrogen-bond donors (Lipinski definition) is 1. The van der Waals surface area contributed by atoms with Crippen LogP contribution in [0.25, 0.3) is 0 Å². The molecule has 0 spiro atoms. The van der Waals surface area contributed by atoms with E-state index in [1.807, 2.05) is 0 Å². The van der Waals surface area contributed by atoms with Crippen molar-refractivity contribution in [3.8, 4) is 11.5 Å². The van der Waals surface area contributed by atoms with Crippen LogP contribution in [-0.2, 0) is 0 Å². The smallest absolute Gasteiger partial charge is 0.496 e. The number of ether oxygens (including phenoxy) is 2. The topological polar surface area (TPSA) is 44.5 Å². The van der Waals surface area contributed by atoms with Gasteiger partial charge in [-0.15, -0.1) is 13.2 Å².